The minimum Gasteiger partial charge on any atom is -0.458 e. The minimum absolute atomic E-state index is 0.104. The highest BCUT2D eigenvalue weighted by atomic mass is 16.7. The zero-order valence-corrected chi connectivity index (χ0v) is 16.1. The number of carbonyl (C=O) groups excluding carboxylic acids is 1. The lowest BCUT2D eigenvalue weighted by Crippen LogP contribution is -2.48. The predicted molar refractivity (Wildman–Crippen MR) is 102 cm³/mol. The quantitative estimate of drug-likeness (QED) is 0.872. The molecule has 2 aromatic rings. The molecule has 8 nitrogen and oxygen atoms in total. The monoisotopic (exact) mass is 384 g/mol. The van der Waals surface area contributed by atoms with Crippen LogP contribution in [0, 0.1) is 13.8 Å². The van der Waals surface area contributed by atoms with Crippen LogP contribution < -0.4 is 19.5 Å². The second-order valence-corrected chi connectivity index (χ2v) is 7.11. The zero-order chi connectivity index (χ0) is 19.5. The molecule has 3 heterocycles. The second-order valence-electron chi connectivity index (χ2n) is 7.11. The number of hydrogen-bond donors (Lipinski definition) is 1. The topological polar surface area (TPSA) is 85.8 Å². The summed E-state index contributed by atoms with van der Waals surface area (Å²) in [6.45, 7) is 5.72. The van der Waals surface area contributed by atoms with Crippen LogP contribution in [0.2, 0.25) is 0 Å². The summed E-state index contributed by atoms with van der Waals surface area (Å²) in [5.74, 6) is 1.45. The van der Waals surface area contributed by atoms with Crippen molar-refractivity contribution in [2.75, 3.05) is 19.9 Å². The van der Waals surface area contributed by atoms with Crippen molar-refractivity contribution in [2.45, 2.75) is 39.3 Å². The summed E-state index contributed by atoms with van der Waals surface area (Å²) < 4.78 is 16.6. The van der Waals surface area contributed by atoms with Crippen molar-refractivity contribution in [1.29, 1.82) is 0 Å². The van der Waals surface area contributed by atoms with Crippen LogP contribution in [0.25, 0.3) is 0 Å². The van der Waals surface area contributed by atoms with Crippen molar-refractivity contribution in [1.82, 2.24) is 20.2 Å². The Kier molecular flexibility index (Phi) is 5.18. The van der Waals surface area contributed by atoms with E-state index in [-0.39, 0.29) is 18.9 Å². The summed E-state index contributed by atoms with van der Waals surface area (Å²) in [4.78, 5) is 23.0. The number of hydrogen-bond acceptors (Lipinski definition) is 6. The van der Waals surface area contributed by atoms with E-state index in [9.17, 15) is 4.79 Å². The number of ether oxygens (including phenoxy) is 3. The molecule has 1 saturated heterocycles. The molecule has 0 unspecified atom stereocenters. The number of piperidine rings is 1. The number of carbonyl (C=O) groups is 1. The minimum atomic E-state index is -0.105. The van der Waals surface area contributed by atoms with Crippen LogP contribution in [0.15, 0.2) is 24.3 Å². The molecule has 1 atom stereocenters. The number of nitrogens with zero attached hydrogens (tertiary/aromatic N) is 3. The molecule has 4 rings (SSSR count). The van der Waals surface area contributed by atoms with Crippen LogP contribution in [0.4, 0.5) is 4.79 Å². The third kappa shape index (κ3) is 4.27. The average molecular weight is 384 g/mol. The number of rotatable bonds is 4. The average Bonchev–Trinajstić information content (AvgIpc) is 3.13. The van der Waals surface area contributed by atoms with Gasteiger partial charge in [-0.1, -0.05) is 6.07 Å². The maximum Gasteiger partial charge on any atom is 0.317 e. The van der Waals surface area contributed by atoms with Gasteiger partial charge in [0.25, 0.3) is 0 Å². The van der Waals surface area contributed by atoms with Crippen LogP contribution in [-0.4, -0.2) is 46.9 Å². The Morgan fingerprint density at radius 2 is 2.00 bits per heavy atom. The van der Waals surface area contributed by atoms with Gasteiger partial charge in [0, 0.05) is 24.5 Å². The second kappa shape index (κ2) is 7.92. The summed E-state index contributed by atoms with van der Waals surface area (Å²) in [5, 5.41) is 2.97. The van der Waals surface area contributed by atoms with Gasteiger partial charge in [0.2, 0.25) is 6.79 Å². The highest BCUT2D eigenvalue weighted by Crippen LogP contribution is 2.32. The van der Waals surface area contributed by atoms with E-state index in [1.165, 1.54) is 0 Å². The fraction of sp³-hybridized carbons (Fsp3) is 0.450. The van der Waals surface area contributed by atoms with Gasteiger partial charge in [0.15, 0.2) is 11.5 Å². The highest BCUT2D eigenvalue weighted by molar-refractivity contribution is 5.74. The SMILES string of the molecule is Cc1cc(C)nc(O[C@H]2CCCN(C(=O)NCc3ccc4c(c3)OCO4)C2)n1. The van der Waals surface area contributed by atoms with Crippen LogP contribution in [-0.2, 0) is 6.54 Å². The maximum absolute atomic E-state index is 12.6. The lowest BCUT2D eigenvalue weighted by atomic mass is 10.1. The van der Waals surface area contributed by atoms with Gasteiger partial charge in [-0.2, -0.15) is 0 Å². The van der Waals surface area contributed by atoms with Gasteiger partial charge in [-0.15, -0.1) is 0 Å². The largest absolute Gasteiger partial charge is 0.458 e. The van der Waals surface area contributed by atoms with E-state index in [1.807, 2.05) is 38.1 Å². The standard InChI is InChI=1S/C20H24N4O4/c1-13-8-14(2)23-19(22-13)28-16-4-3-7-24(11-16)20(25)21-10-15-5-6-17-18(9-15)27-12-26-17/h5-6,8-9,16H,3-4,7,10-12H2,1-2H3,(H,21,25)/t16-/m0/s1. The van der Waals surface area contributed by atoms with Crippen molar-refractivity contribution in [3.8, 4) is 17.5 Å². The first kappa shape index (κ1) is 18.3. The molecule has 1 fully saturated rings. The molecule has 0 aliphatic carbocycles. The molecule has 2 aliphatic rings. The number of nitrogens with one attached hydrogen (secondary N) is 1. The fourth-order valence-corrected chi connectivity index (χ4v) is 3.45. The maximum atomic E-state index is 12.6. The Balaban J connectivity index is 1.31. The fourth-order valence-electron chi connectivity index (χ4n) is 3.45. The van der Waals surface area contributed by atoms with Gasteiger partial charge in [-0.3, -0.25) is 0 Å². The number of aryl methyl sites for hydroxylation is 2. The molecule has 1 N–H and O–H groups in total. The molecule has 0 saturated carbocycles. The Labute approximate surface area is 163 Å². The number of benzene rings is 1. The van der Waals surface area contributed by atoms with Crippen LogP contribution in [0.1, 0.15) is 29.8 Å². The van der Waals surface area contributed by atoms with E-state index in [2.05, 4.69) is 15.3 Å². The Morgan fingerprint density at radius 3 is 2.82 bits per heavy atom. The molecule has 8 heteroatoms. The van der Waals surface area contributed by atoms with E-state index < -0.39 is 0 Å². The third-order valence-electron chi connectivity index (χ3n) is 4.78. The number of aromatic nitrogens is 2. The van der Waals surface area contributed by atoms with E-state index in [0.717, 1.165) is 35.5 Å². The Morgan fingerprint density at radius 1 is 1.21 bits per heavy atom. The van der Waals surface area contributed by atoms with Gasteiger partial charge in [0.05, 0.1) is 6.54 Å². The van der Waals surface area contributed by atoms with Gasteiger partial charge in [-0.05, 0) is 50.5 Å². The molecule has 0 spiro atoms. The van der Waals surface area contributed by atoms with E-state index >= 15 is 0 Å². The highest BCUT2D eigenvalue weighted by Gasteiger charge is 2.25. The van der Waals surface area contributed by atoms with E-state index in [0.29, 0.717) is 31.4 Å². The summed E-state index contributed by atoms with van der Waals surface area (Å²) in [5.41, 5.74) is 2.71. The van der Waals surface area contributed by atoms with Gasteiger partial charge in [0.1, 0.15) is 6.10 Å². The molecule has 148 valence electrons. The zero-order valence-electron chi connectivity index (χ0n) is 16.1. The normalized spacial score (nSPS) is 18.1. The summed E-state index contributed by atoms with van der Waals surface area (Å²) in [7, 11) is 0. The molecule has 1 aromatic carbocycles. The van der Waals surface area contributed by atoms with Crippen molar-refractivity contribution in [3.63, 3.8) is 0 Å². The summed E-state index contributed by atoms with van der Waals surface area (Å²) in [6, 6.07) is 7.86. The number of amides is 2. The molecule has 28 heavy (non-hydrogen) atoms. The number of likely N-dealkylation sites (tertiary alicyclic amines) is 1. The van der Waals surface area contributed by atoms with Crippen LogP contribution in [0.3, 0.4) is 0 Å². The lowest BCUT2D eigenvalue weighted by molar-refractivity contribution is 0.0935. The van der Waals surface area contributed by atoms with Crippen molar-refractivity contribution in [3.05, 3.63) is 41.2 Å². The smallest absolute Gasteiger partial charge is 0.317 e. The third-order valence-corrected chi connectivity index (χ3v) is 4.78. The van der Waals surface area contributed by atoms with E-state index in [1.54, 1.807) is 4.90 Å². The lowest BCUT2D eigenvalue weighted by Gasteiger charge is -2.32. The van der Waals surface area contributed by atoms with E-state index in [4.69, 9.17) is 14.2 Å². The molecule has 1 aromatic heterocycles. The molecular weight excluding hydrogens is 360 g/mol. The number of fused-ring (bicyclic) bond motifs is 1. The molecule has 2 aliphatic heterocycles. The summed E-state index contributed by atoms with van der Waals surface area (Å²) in [6.07, 6.45) is 1.65. The molecule has 0 bridgehead atoms. The Bertz CT molecular complexity index is 853. The van der Waals surface area contributed by atoms with Crippen molar-refractivity contribution >= 4 is 6.03 Å². The predicted octanol–water partition coefficient (Wildman–Crippen LogP) is 2.58. The van der Waals surface area contributed by atoms with Crippen molar-refractivity contribution in [2.24, 2.45) is 0 Å². The van der Waals surface area contributed by atoms with Crippen LogP contribution >= 0.6 is 0 Å². The number of urea groups is 1. The molecule has 2 amide bonds. The first-order valence-electron chi connectivity index (χ1n) is 9.47. The van der Waals surface area contributed by atoms with Crippen LogP contribution in [0.5, 0.6) is 17.5 Å². The van der Waals surface area contributed by atoms with Crippen molar-refractivity contribution < 1.29 is 19.0 Å². The van der Waals surface area contributed by atoms with Gasteiger partial charge in [-0.25, -0.2) is 14.8 Å². The molecular formula is C20H24N4O4. The van der Waals surface area contributed by atoms with Gasteiger partial charge >= 0.3 is 12.0 Å². The Hall–Kier alpha value is -3.03. The molecule has 0 radical (unpaired) electrons. The first-order valence-corrected chi connectivity index (χ1v) is 9.47. The van der Waals surface area contributed by atoms with Gasteiger partial charge < -0.3 is 24.4 Å². The first-order chi connectivity index (χ1) is 13.6. The summed E-state index contributed by atoms with van der Waals surface area (Å²) >= 11 is 0.